The molecule has 0 saturated heterocycles. The number of thiazole rings is 1. The van der Waals surface area contributed by atoms with Gasteiger partial charge in [0, 0.05) is 22.0 Å². The molecule has 3 rings (SSSR count). The lowest BCUT2D eigenvalue weighted by molar-refractivity contribution is 0.102. The van der Waals surface area contributed by atoms with Crippen molar-refractivity contribution in [2.45, 2.75) is 11.8 Å². The van der Waals surface area contributed by atoms with Crippen LogP contribution in [0.25, 0.3) is 10.6 Å². The van der Waals surface area contributed by atoms with Crippen LogP contribution in [0.5, 0.6) is 0 Å². The van der Waals surface area contributed by atoms with Crippen molar-refractivity contribution in [1.82, 2.24) is 4.98 Å². The lowest BCUT2D eigenvalue weighted by Crippen LogP contribution is -2.12. The zero-order valence-electron chi connectivity index (χ0n) is 12.7. The highest BCUT2D eigenvalue weighted by atomic mass is 32.2. The van der Waals surface area contributed by atoms with E-state index in [0.717, 1.165) is 10.6 Å². The van der Waals surface area contributed by atoms with E-state index in [1.54, 1.807) is 35.8 Å². The fraction of sp³-hybridized carbons (Fsp3) is 0.125. The molecule has 1 amide bonds. The predicted molar refractivity (Wildman–Crippen MR) is 97.5 cm³/mol. The van der Waals surface area contributed by atoms with E-state index in [4.69, 9.17) is 0 Å². The van der Waals surface area contributed by atoms with Crippen molar-refractivity contribution in [1.29, 1.82) is 0 Å². The number of thiophene rings is 1. The number of nitrogens with one attached hydrogen (secondary N) is 1. The zero-order chi connectivity index (χ0) is 17.2. The highest BCUT2D eigenvalue weighted by molar-refractivity contribution is 7.91. The highest BCUT2D eigenvalue weighted by Crippen LogP contribution is 2.26. The Morgan fingerprint density at radius 3 is 2.54 bits per heavy atom. The first kappa shape index (κ1) is 16.8. The first-order chi connectivity index (χ1) is 11.5. The van der Waals surface area contributed by atoms with Gasteiger partial charge in [0.15, 0.2) is 9.84 Å². The number of sulfone groups is 1. The maximum absolute atomic E-state index is 12.3. The van der Waals surface area contributed by atoms with Crippen molar-refractivity contribution >= 4 is 44.1 Å². The minimum absolute atomic E-state index is 0.0445. The summed E-state index contributed by atoms with van der Waals surface area (Å²) in [6, 6.07) is 8.09. The lowest BCUT2D eigenvalue weighted by atomic mass is 10.3. The fourth-order valence-corrected chi connectivity index (χ4v) is 4.40. The second kappa shape index (κ2) is 6.84. The molecule has 0 aliphatic rings. The van der Waals surface area contributed by atoms with Crippen LogP contribution in [0.2, 0.25) is 0 Å². The van der Waals surface area contributed by atoms with Gasteiger partial charge in [0.25, 0.3) is 5.91 Å². The minimum atomic E-state index is -3.24. The summed E-state index contributed by atoms with van der Waals surface area (Å²) in [4.78, 5) is 16.8. The molecule has 1 aromatic carbocycles. The number of amides is 1. The summed E-state index contributed by atoms with van der Waals surface area (Å²) in [5.74, 6) is -0.276. The molecule has 8 heteroatoms. The van der Waals surface area contributed by atoms with Crippen LogP contribution in [-0.4, -0.2) is 25.1 Å². The molecule has 0 fully saturated rings. The molecule has 1 N–H and O–H groups in total. The Balaban J connectivity index is 1.73. The van der Waals surface area contributed by atoms with Gasteiger partial charge in [-0.3, -0.25) is 4.79 Å². The van der Waals surface area contributed by atoms with Gasteiger partial charge in [-0.25, -0.2) is 13.4 Å². The van der Waals surface area contributed by atoms with Gasteiger partial charge < -0.3 is 5.32 Å². The van der Waals surface area contributed by atoms with Gasteiger partial charge >= 0.3 is 0 Å². The molecule has 0 aliphatic heterocycles. The minimum Gasteiger partial charge on any atom is -0.321 e. The van der Waals surface area contributed by atoms with E-state index in [1.807, 2.05) is 16.8 Å². The first-order valence-electron chi connectivity index (χ1n) is 7.12. The van der Waals surface area contributed by atoms with Crippen LogP contribution < -0.4 is 5.32 Å². The van der Waals surface area contributed by atoms with Gasteiger partial charge in [-0.2, -0.15) is 11.3 Å². The summed E-state index contributed by atoms with van der Waals surface area (Å²) in [7, 11) is -3.24. The molecule has 0 radical (unpaired) electrons. The second-order valence-electron chi connectivity index (χ2n) is 4.93. The van der Waals surface area contributed by atoms with Crippen LogP contribution in [0.4, 0.5) is 5.69 Å². The third-order valence-electron chi connectivity index (χ3n) is 3.36. The molecule has 3 aromatic rings. The SMILES string of the molecule is CCS(=O)(=O)c1ccc(NC(=O)c2csc(-c3ccsc3)n2)cc1. The van der Waals surface area contributed by atoms with Gasteiger partial charge in [0.1, 0.15) is 10.7 Å². The summed E-state index contributed by atoms with van der Waals surface area (Å²) in [5.41, 5.74) is 1.87. The Hall–Kier alpha value is -2.03. The van der Waals surface area contributed by atoms with Crippen molar-refractivity contribution in [3.05, 3.63) is 52.2 Å². The van der Waals surface area contributed by atoms with E-state index in [-0.39, 0.29) is 16.6 Å². The van der Waals surface area contributed by atoms with Crippen molar-refractivity contribution in [2.24, 2.45) is 0 Å². The van der Waals surface area contributed by atoms with Gasteiger partial charge in [-0.15, -0.1) is 11.3 Å². The maximum Gasteiger partial charge on any atom is 0.275 e. The molecular weight excluding hydrogens is 364 g/mol. The van der Waals surface area contributed by atoms with Gasteiger partial charge in [0.2, 0.25) is 0 Å². The molecule has 0 atom stereocenters. The van der Waals surface area contributed by atoms with Crippen LogP contribution in [0.3, 0.4) is 0 Å². The standard InChI is InChI=1S/C16H14N2O3S3/c1-2-24(20,21)13-5-3-12(4-6-13)17-15(19)14-10-23-16(18-14)11-7-8-22-9-11/h3-10H,2H2,1H3,(H,17,19). The fourth-order valence-electron chi connectivity index (χ4n) is 2.00. The highest BCUT2D eigenvalue weighted by Gasteiger charge is 2.14. The lowest BCUT2D eigenvalue weighted by Gasteiger charge is -2.05. The number of anilines is 1. The number of nitrogens with zero attached hydrogens (tertiary/aromatic N) is 1. The van der Waals surface area contributed by atoms with E-state index < -0.39 is 9.84 Å². The average Bonchev–Trinajstić information content (AvgIpc) is 3.26. The Morgan fingerprint density at radius 1 is 1.17 bits per heavy atom. The number of carbonyl (C=O) groups excluding carboxylic acids is 1. The van der Waals surface area contributed by atoms with E-state index in [0.29, 0.717) is 11.4 Å². The first-order valence-corrected chi connectivity index (χ1v) is 10.6. The third-order valence-corrected chi connectivity index (χ3v) is 6.68. The zero-order valence-corrected chi connectivity index (χ0v) is 15.2. The van der Waals surface area contributed by atoms with E-state index >= 15 is 0 Å². The topological polar surface area (TPSA) is 76.1 Å². The number of hydrogen-bond donors (Lipinski definition) is 1. The van der Waals surface area contributed by atoms with Crippen molar-refractivity contribution in [3.8, 4) is 10.6 Å². The Labute approximate surface area is 147 Å². The van der Waals surface area contributed by atoms with Crippen molar-refractivity contribution in [3.63, 3.8) is 0 Å². The molecule has 0 spiro atoms. The molecule has 0 saturated carbocycles. The van der Waals surface area contributed by atoms with Crippen molar-refractivity contribution < 1.29 is 13.2 Å². The van der Waals surface area contributed by atoms with Crippen molar-refractivity contribution in [2.75, 3.05) is 11.1 Å². The Bertz CT molecular complexity index is 943. The number of rotatable bonds is 5. The normalized spacial score (nSPS) is 11.4. The molecular formula is C16H14N2O3S3. The molecule has 0 aliphatic carbocycles. The van der Waals surface area contributed by atoms with E-state index in [1.165, 1.54) is 23.5 Å². The number of benzene rings is 1. The molecule has 2 heterocycles. The molecule has 0 bridgehead atoms. The number of carbonyl (C=O) groups is 1. The van der Waals surface area contributed by atoms with E-state index in [2.05, 4.69) is 10.3 Å². The third kappa shape index (κ3) is 3.55. The summed E-state index contributed by atoms with van der Waals surface area (Å²) < 4.78 is 23.6. The summed E-state index contributed by atoms with van der Waals surface area (Å²) in [6.45, 7) is 1.60. The smallest absolute Gasteiger partial charge is 0.275 e. The predicted octanol–water partition coefficient (Wildman–Crippen LogP) is 3.92. The average molecular weight is 379 g/mol. The summed E-state index contributed by atoms with van der Waals surface area (Å²) in [6.07, 6.45) is 0. The number of hydrogen-bond acceptors (Lipinski definition) is 6. The van der Waals surface area contributed by atoms with Crippen LogP contribution in [0, 0.1) is 0 Å². The summed E-state index contributed by atoms with van der Waals surface area (Å²) in [5, 5.41) is 9.17. The summed E-state index contributed by atoms with van der Waals surface area (Å²) >= 11 is 2.99. The molecule has 5 nitrogen and oxygen atoms in total. The quantitative estimate of drug-likeness (QED) is 0.730. The molecule has 124 valence electrons. The Morgan fingerprint density at radius 2 is 1.92 bits per heavy atom. The van der Waals surface area contributed by atoms with Crippen LogP contribution >= 0.6 is 22.7 Å². The Kier molecular flexibility index (Phi) is 4.79. The van der Waals surface area contributed by atoms with Crippen LogP contribution in [0.15, 0.2) is 51.4 Å². The maximum atomic E-state index is 12.3. The second-order valence-corrected chi connectivity index (χ2v) is 8.85. The van der Waals surface area contributed by atoms with Crippen LogP contribution in [-0.2, 0) is 9.84 Å². The van der Waals surface area contributed by atoms with Gasteiger partial charge in [-0.1, -0.05) is 6.92 Å². The largest absolute Gasteiger partial charge is 0.321 e. The van der Waals surface area contributed by atoms with Gasteiger partial charge in [-0.05, 0) is 35.7 Å². The molecule has 0 unspecified atom stereocenters. The monoisotopic (exact) mass is 378 g/mol. The molecule has 2 aromatic heterocycles. The van der Waals surface area contributed by atoms with Gasteiger partial charge in [0.05, 0.1) is 10.6 Å². The number of aromatic nitrogens is 1. The molecule has 24 heavy (non-hydrogen) atoms. The van der Waals surface area contributed by atoms with Crippen LogP contribution in [0.1, 0.15) is 17.4 Å². The van der Waals surface area contributed by atoms with E-state index in [9.17, 15) is 13.2 Å².